The van der Waals surface area contributed by atoms with Crippen LogP contribution in [0.1, 0.15) is 44.4 Å². The minimum atomic E-state index is -1.78. The molecule has 3 aromatic heterocycles. The van der Waals surface area contributed by atoms with Gasteiger partial charge in [0, 0.05) is 49.2 Å². The van der Waals surface area contributed by atoms with Gasteiger partial charge in [0.2, 0.25) is 5.95 Å². The molecule has 0 radical (unpaired) electrons. The van der Waals surface area contributed by atoms with Gasteiger partial charge in [0.25, 0.3) is 5.56 Å². The van der Waals surface area contributed by atoms with Crippen LogP contribution >= 0.6 is 0 Å². The van der Waals surface area contributed by atoms with Crippen molar-refractivity contribution in [3.05, 3.63) is 76.9 Å². The third kappa shape index (κ3) is 4.42. The van der Waals surface area contributed by atoms with Crippen molar-refractivity contribution in [2.45, 2.75) is 44.7 Å². The van der Waals surface area contributed by atoms with Gasteiger partial charge in [-0.15, -0.1) is 6.58 Å². The zero-order valence-electron chi connectivity index (χ0n) is 24.4. The number of aliphatic hydroxyl groups is 1. The van der Waals surface area contributed by atoms with Crippen molar-refractivity contribution in [2.24, 2.45) is 5.41 Å². The molecule has 7 rings (SSSR count). The second kappa shape index (κ2) is 10.1. The van der Waals surface area contributed by atoms with Crippen LogP contribution in [0.25, 0.3) is 16.9 Å². The maximum absolute atomic E-state index is 13.4. The highest BCUT2D eigenvalue weighted by Crippen LogP contribution is 2.54. The Balaban J connectivity index is 1.24. The van der Waals surface area contributed by atoms with Crippen molar-refractivity contribution in [3.63, 3.8) is 0 Å². The minimum Gasteiger partial charge on any atom is -0.386 e. The molecule has 2 fully saturated rings. The van der Waals surface area contributed by atoms with Crippen molar-refractivity contribution in [1.29, 1.82) is 0 Å². The van der Waals surface area contributed by atoms with Gasteiger partial charge in [0.05, 0.1) is 13.6 Å². The van der Waals surface area contributed by atoms with Crippen LogP contribution in [0.2, 0.25) is 0 Å². The van der Waals surface area contributed by atoms with Gasteiger partial charge in [0.15, 0.2) is 11.5 Å². The Kier molecular flexibility index (Phi) is 6.10. The van der Waals surface area contributed by atoms with Gasteiger partial charge in [-0.1, -0.05) is 25.0 Å². The fourth-order valence-corrected chi connectivity index (χ4v) is 6.67. The van der Waals surface area contributed by atoms with Gasteiger partial charge in [-0.25, -0.2) is 19.3 Å². The first-order valence-corrected chi connectivity index (χ1v) is 14.4. The number of piperazine rings is 1. The van der Waals surface area contributed by atoms with E-state index < -0.39 is 11.5 Å². The summed E-state index contributed by atoms with van der Waals surface area (Å²) in [5.41, 5.74) is 2.91. The average molecular weight is 554 g/mol. The molecule has 1 saturated heterocycles. The number of nitrogens with zero attached hydrogens (tertiary/aromatic N) is 7. The highest BCUT2D eigenvalue weighted by molar-refractivity contribution is 5.77. The van der Waals surface area contributed by atoms with Crippen molar-refractivity contribution in [2.75, 3.05) is 43.4 Å². The Hall–Kier alpha value is -4.02. The van der Waals surface area contributed by atoms with E-state index in [1.54, 1.807) is 10.8 Å². The highest BCUT2D eigenvalue weighted by atomic mass is 16.3. The van der Waals surface area contributed by atoms with E-state index in [0.717, 1.165) is 63.1 Å². The topological polar surface area (TPSA) is 104 Å². The third-order valence-electron chi connectivity index (χ3n) is 8.97. The maximum atomic E-state index is 13.4. The van der Waals surface area contributed by atoms with Crippen LogP contribution in [0.4, 0.5) is 17.3 Å². The third-order valence-corrected chi connectivity index (χ3v) is 8.97. The first kappa shape index (κ1) is 24.8. The highest BCUT2D eigenvalue weighted by Gasteiger charge is 2.48. The molecular formula is C31H36N8O2. The summed E-state index contributed by atoms with van der Waals surface area (Å²) >= 11 is 0. The van der Waals surface area contributed by atoms with Crippen LogP contribution in [0.15, 0.2) is 60.0 Å². The number of aromatic nitrogens is 5. The fraction of sp³-hybridized carbons (Fsp3) is 0.419. The van der Waals surface area contributed by atoms with Crippen LogP contribution in [0, 0.1) is 5.41 Å². The summed E-state index contributed by atoms with van der Waals surface area (Å²) < 4.78 is 12.1. The van der Waals surface area contributed by atoms with E-state index >= 15 is 0 Å². The number of hydrogen-bond acceptors (Lipinski definition) is 8. The molecule has 2 N–H and O–H groups in total. The standard InChI is InChI=1S/C31H36N8O2/c1-3-14-38-29(41)24-20-32-30(33-22-7-9-23(10-8-22)37-17-15-36(2)16-18-37)35-28(24)39(38)25-11-6-21-19-31(12-4-5-13-31)27(40)26(21)34-25/h3,6-11,20,27,40H,1,4-5,12-19H2,2H3,(H,32,33,35)/i27D. The van der Waals surface area contributed by atoms with Crippen LogP contribution in [-0.2, 0) is 13.0 Å². The lowest BCUT2D eigenvalue weighted by molar-refractivity contribution is 0.0411. The van der Waals surface area contributed by atoms with Crippen molar-refractivity contribution in [3.8, 4) is 5.82 Å². The van der Waals surface area contributed by atoms with Gasteiger partial charge in [0.1, 0.15) is 11.5 Å². The summed E-state index contributed by atoms with van der Waals surface area (Å²) in [5.74, 6) is 0.770. The second-order valence-corrected chi connectivity index (χ2v) is 11.6. The Labute approximate surface area is 240 Å². The summed E-state index contributed by atoms with van der Waals surface area (Å²) in [6.07, 6.45) is 5.68. The number of pyridine rings is 1. The van der Waals surface area contributed by atoms with Crippen LogP contribution in [0.3, 0.4) is 0 Å². The maximum Gasteiger partial charge on any atom is 0.278 e. The molecule has 10 nitrogen and oxygen atoms in total. The number of allylic oxidation sites excluding steroid dienone is 1. The summed E-state index contributed by atoms with van der Waals surface area (Å²) in [5, 5.41) is 15.1. The van der Waals surface area contributed by atoms with Gasteiger partial charge in [-0.3, -0.25) is 4.79 Å². The minimum absolute atomic E-state index is 0.236. The van der Waals surface area contributed by atoms with Crippen LogP contribution in [-0.4, -0.2) is 67.5 Å². The molecule has 212 valence electrons. The largest absolute Gasteiger partial charge is 0.386 e. The molecule has 3 aliphatic rings. The molecule has 1 aromatic carbocycles. The lowest BCUT2D eigenvalue weighted by Gasteiger charge is -2.34. The van der Waals surface area contributed by atoms with Crippen molar-refractivity contribution >= 4 is 28.4 Å². The van der Waals surface area contributed by atoms with E-state index in [1.807, 2.05) is 24.3 Å². The van der Waals surface area contributed by atoms with Crippen molar-refractivity contribution < 1.29 is 6.48 Å². The smallest absolute Gasteiger partial charge is 0.278 e. The van der Waals surface area contributed by atoms with E-state index in [-0.39, 0.29) is 12.1 Å². The number of hydrogen-bond donors (Lipinski definition) is 2. The zero-order chi connectivity index (χ0) is 29.1. The fourth-order valence-electron chi connectivity index (χ4n) is 6.67. The molecule has 4 heterocycles. The molecule has 1 spiro atoms. The molecule has 10 heteroatoms. The second-order valence-electron chi connectivity index (χ2n) is 11.6. The first-order chi connectivity index (χ1) is 20.3. The quantitative estimate of drug-likeness (QED) is 0.348. The lowest BCUT2D eigenvalue weighted by Crippen LogP contribution is -2.44. The Morgan fingerprint density at radius 3 is 2.61 bits per heavy atom. The molecule has 2 aliphatic carbocycles. The van der Waals surface area contributed by atoms with E-state index in [4.69, 9.17) is 11.3 Å². The van der Waals surface area contributed by atoms with E-state index in [9.17, 15) is 9.90 Å². The molecule has 1 aliphatic heterocycles. The predicted molar refractivity (Wildman–Crippen MR) is 160 cm³/mol. The number of fused-ring (bicyclic) bond motifs is 2. The molecule has 1 unspecified atom stereocenters. The van der Waals surface area contributed by atoms with E-state index in [1.165, 1.54) is 16.6 Å². The van der Waals surface area contributed by atoms with Gasteiger partial charge < -0.3 is 20.2 Å². The molecular weight excluding hydrogens is 516 g/mol. The molecule has 1 atom stereocenters. The summed E-state index contributed by atoms with van der Waals surface area (Å²) in [6, 6.07) is 12.0. The summed E-state index contributed by atoms with van der Waals surface area (Å²) in [4.78, 5) is 32.1. The van der Waals surface area contributed by atoms with Gasteiger partial charge in [-0.05, 0) is 62.2 Å². The van der Waals surface area contributed by atoms with Gasteiger partial charge in [-0.2, -0.15) is 4.98 Å². The predicted octanol–water partition coefficient (Wildman–Crippen LogP) is 3.81. The number of nitrogens with one attached hydrogen (secondary N) is 1. The van der Waals surface area contributed by atoms with E-state index in [2.05, 4.69) is 45.9 Å². The summed E-state index contributed by atoms with van der Waals surface area (Å²) in [7, 11) is 2.15. The number of rotatable bonds is 6. The molecule has 41 heavy (non-hydrogen) atoms. The van der Waals surface area contributed by atoms with Gasteiger partial charge >= 0.3 is 0 Å². The lowest BCUT2D eigenvalue weighted by atomic mass is 9.81. The number of likely N-dealkylation sites (N-methyl/N-ethyl adjacent to an activating group) is 1. The Bertz CT molecular complexity index is 1710. The van der Waals surface area contributed by atoms with Crippen LogP contribution < -0.4 is 15.8 Å². The average Bonchev–Trinajstić information content (AvgIpc) is 3.64. The molecule has 0 amide bonds. The first-order valence-electron chi connectivity index (χ1n) is 14.9. The monoisotopic (exact) mass is 553 g/mol. The molecule has 4 aromatic rings. The SMILES string of the molecule is [2H]C1(O)c2nc(-n3c4nc(Nc5ccc(N6CCN(C)CC6)cc5)ncc4c(=O)n3CC=C)ccc2CC12CCCC2. The van der Waals surface area contributed by atoms with Crippen LogP contribution in [0.5, 0.6) is 0 Å². The molecule has 1 saturated carbocycles. The summed E-state index contributed by atoms with van der Waals surface area (Å²) in [6.45, 7) is 8.15. The zero-order valence-corrected chi connectivity index (χ0v) is 23.4. The van der Waals surface area contributed by atoms with E-state index in [0.29, 0.717) is 34.9 Å². The Morgan fingerprint density at radius 2 is 1.88 bits per heavy atom. The molecule has 0 bridgehead atoms. The number of anilines is 3. The van der Waals surface area contributed by atoms with Crippen molar-refractivity contribution in [1.82, 2.24) is 29.2 Å². The normalized spacial score (nSPS) is 22.3. The Morgan fingerprint density at radius 1 is 1.12 bits per heavy atom. The number of benzene rings is 1.